The predicted molar refractivity (Wildman–Crippen MR) is 114 cm³/mol. The fourth-order valence-electron chi connectivity index (χ4n) is 3.55. The SMILES string of the molecule is O=C(NC1CCN(Cc2ccccc2)CC1)NC(CS)Cc1ccccc1. The average Bonchev–Trinajstić information content (AvgIpc) is 2.70. The molecule has 144 valence electrons. The van der Waals surface area contributed by atoms with Gasteiger partial charge in [0.25, 0.3) is 0 Å². The molecule has 0 bridgehead atoms. The fraction of sp³-hybridized carbons (Fsp3) is 0.409. The summed E-state index contributed by atoms with van der Waals surface area (Å²) in [5.74, 6) is 0.623. The normalized spacial score (nSPS) is 16.6. The maximum Gasteiger partial charge on any atom is 0.315 e. The Balaban J connectivity index is 1.39. The first-order valence-corrected chi connectivity index (χ1v) is 10.3. The van der Waals surface area contributed by atoms with Gasteiger partial charge in [0.1, 0.15) is 0 Å². The molecule has 1 saturated heterocycles. The lowest BCUT2D eigenvalue weighted by Gasteiger charge is -2.32. The van der Waals surface area contributed by atoms with Crippen molar-refractivity contribution in [3.63, 3.8) is 0 Å². The number of nitrogens with one attached hydrogen (secondary N) is 2. The van der Waals surface area contributed by atoms with Gasteiger partial charge in [0.05, 0.1) is 0 Å². The van der Waals surface area contributed by atoms with Crippen LogP contribution in [0.1, 0.15) is 24.0 Å². The largest absolute Gasteiger partial charge is 0.335 e. The van der Waals surface area contributed by atoms with E-state index < -0.39 is 0 Å². The first-order valence-electron chi connectivity index (χ1n) is 9.71. The minimum atomic E-state index is -0.0773. The van der Waals surface area contributed by atoms with Crippen molar-refractivity contribution in [1.82, 2.24) is 15.5 Å². The van der Waals surface area contributed by atoms with Gasteiger partial charge in [0.2, 0.25) is 0 Å². The van der Waals surface area contributed by atoms with Crippen molar-refractivity contribution in [2.24, 2.45) is 0 Å². The Kier molecular flexibility index (Phi) is 7.60. The summed E-state index contributed by atoms with van der Waals surface area (Å²) in [6, 6.07) is 21.0. The van der Waals surface area contributed by atoms with Gasteiger partial charge in [-0.2, -0.15) is 12.6 Å². The zero-order valence-electron chi connectivity index (χ0n) is 15.7. The van der Waals surface area contributed by atoms with Crippen LogP contribution in [0, 0.1) is 0 Å². The first-order chi connectivity index (χ1) is 13.2. The number of nitrogens with zero attached hydrogens (tertiary/aromatic N) is 1. The maximum absolute atomic E-state index is 12.4. The molecule has 4 nitrogen and oxygen atoms in total. The van der Waals surface area contributed by atoms with Gasteiger partial charge in [-0.3, -0.25) is 4.90 Å². The molecule has 27 heavy (non-hydrogen) atoms. The molecular formula is C22H29N3OS. The molecule has 5 heteroatoms. The third-order valence-electron chi connectivity index (χ3n) is 5.05. The lowest BCUT2D eigenvalue weighted by atomic mass is 10.0. The fourth-order valence-corrected chi connectivity index (χ4v) is 3.77. The van der Waals surface area contributed by atoms with Crippen LogP contribution in [0.4, 0.5) is 4.79 Å². The predicted octanol–water partition coefficient (Wildman–Crippen LogP) is 3.49. The van der Waals surface area contributed by atoms with Crippen LogP contribution < -0.4 is 10.6 Å². The van der Waals surface area contributed by atoms with Gasteiger partial charge < -0.3 is 10.6 Å². The van der Waals surface area contributed by atoms with Gasteiger partial charge in [0.15, 0.2) is 0 Å². The second-order valence-electron chi connectivity index (χ2n) is 7.22. The molecule has 1 aliphatic heterocycles. The van der Waals surface area contributed by atoms with Crippen LogP contribution in [0.3, 0.4) is 0 Å². The van der Waals surface area contributed by atoms with E-state index in [1.54, 1.807) is 0 Å². The van der Waals surface area contributed by atoms with E-state index in [-0.39, 0.29) is 18.1 Å². The molecule has 1 unspecified atom stereocenters. The van der Waals surface area contributed by atoms with E-state index in [0.29, 0.717) is 5.75 Å². The summed E-state index contributed by atoms with van der Waals surface area (Å²) in [4.78, 5) is 14.8. The van der Waals surface area contributed by atoms with Crippen molar-refractivity contribution in [3.8, 4) is 0 Å². The van der Waals surface area contributed by atoms with Crippen molar-refractivity contribution in [2.45, 2.75) is 37.9 Å². The van der Waals surface area contributed by atoms with E-state index in [2.05, 4.69) is 64.6 Å². The molecule has 0 radical (unpaired) electrons. The molecule has 0 spiro atoms. The number of hydrogen-bond donors (Lipinski definition) is 3. The molecule has 0 saturated carbocycles. The Morgan fingerprint density at radius 3 is 2.19 bits per heavy atom. The smallest absolute Gasteiger partial charge is 0.315 e. The zero-order chi connectivity index (χ0) is 18.9. The summed E-state index contributed by atoms with van der Waals surface area (Å²) >= 11 is 4.40. The van der Waals surface area contributed by atoms with Gasteiger partial charge in [0, 0.05) is 37.5 Å². The first kappa shape index (κ1) is 19.8. The molecule has 1 heterocycles. The van der Waals surface area contributed by atoms with Crippen molar-refractivity contribution < 1.29 is 4.79 Å². The molecule has 1 atom stereocenters. The zero-order valence-corrected chi connectivity index (χ0v) is 16.6. The summed E-state index contributed by atoms with van der Waals surface area (Å²) in [6.07, 6.45) is 2.78. The molecule has 1 aliphatic rings. The van der Waals surface area contributed by atoms with E-state index in [0.717, 1.165) is 38.9 Å². The van der Waals surface area contributed by atoms with Crippen LogP contribution in [0.25, 0.3) is 0 Å². The van der Waals surface area contributed by atoms with Crippen LogP contribution in [0.5, 0.6) is 0 Å². The second-order valence-corrected chi connectivity index (χ2v) is 7.59. The van der Waals surface area contributed by atoms with Crippen molar-refractivity contribution >= 4 is 18.7 Å². The Bertz CT molecular complexity index is 687. The van der Waals surface area contributed by atoms with Crippen molar-refractivity contribution in [1.29, 1.82) is 0 Å². The van der Waals surface area contributed by atoms with E-state index in [9.17, 15) is 4.79 Å². The minimum Gasteiger partial charge on any atom is -0.335 e. The molecule has 2 aromatic carbocycles. The highest BCUT2D eigenvalue weighted by Crippen LogP contribution is 2.14. The second kappa shape index (κ2) is 10.4. The number of carbonyl (C=O) groups excluding carboxylic acids is 1. The lowest BCUT2D eigenvalue weighted by Crippen LogP contribution is -2.50. The monoisotopic (exact) mass is 383 g/mol. The molecular weight excluding hydrogens is 354 g/mol. The Morgan fingerprint density at radius 2 is 1.59 bits per heavy atom. The van der Waals surface area contributed by atoms with Gasteiger partial charge >= 0.3 is 6.03 Å². The number of piperidine rings is 1. The molecule has 0 aliphatic carbocycles. The summed E-state index contributed by atoms with van der Waals surface area (Å²) in [5, 5.41) is 6.22. The topological polar surface area (TPSA) is 44.4 Å². The number of urea groups is 1. The Hall–Kier alpha value is -1.98. The van der Waals surface area contributed by atoms with Gasteiger partial charge in [-0.25, -0.2) is 4.79 Å². The molecule has 1 fully saturated rings. The number of likely N-dealkylation sites (tertiary alicyclic amines) is 1. The quantitative estimate of drug-likeness (QED) is 0.641. The van der Waals surface area contributed by atoms with E-state index in [4.69, 9.17) is 0 Å². The van der Waals surface area contributed by atoms with Crippen molar-refractivity contribution in [2.75, 3.05) is 18.8 Å². The van der Waals surface area contributed by atoms with Crippen LogP contribution in [0.2, 0.25) is 0 Å². The molecule has 2 amide bonds. The lowest BCUT2D eigenvalue weighted by molar-refractivity contribution is 0.186. The number of carbonyl (C=O) groups is 1. The highest BCUT2D eigenvalue weighted by Gasteiger charge is 2.21. The number of thiol groups is 1. The standard InChI is InChI=1S/C22H29N3OS/c26-22(24-21(17-27)15-18-7-3-1-4-8-18)23-20-11-13-25(14-12-20)16-19-9-5-2-6-10-19/h1-10,20-21,27H,11-17H2,(H2,23,24,26). The van der Waals surface area contributed by atoms with Crippen LogP contribution in [0.15, 0.2) is 60.7 Å². The van der Waals surface area contributed by atoms with Crippen LogP contribution >= 0.6 is 12.6 Å². The van der Waals surface area contributed by atoms with Gasteiger partial charge in [-0.05, 0) is 30.4 Å². The summed E-state index contributed by atoms with van der Waals surface area (Å²) < 4.78 is 0. The average molecular weight is 384 g/mol. The summed E-state index contributed by atoms with van der Waals surface area (Å²) in [5.41, 5.74) is 2.56. The van der Waals surface area contributed by atoms with Gasteiger partial charge in [-0.1, -0.05) is 60.7 Å². The molecule has 2 N–H and O–H groups in total. The van der Waals surface area contributed by atoms with E-state index >= 15 is 0 Å². The Labute approximate surface area is 167 Å². The van der Waals surface area contributed by atoms with Gasteiger partial charge in [-0.15, -0.1) is 0 Å². The van der Waals surface area contributed by atoms with E-state index in [1.165, 1.54) is 11.1 Å². The highest BCUT2D eigenvalue weighted by molar-refractivity contribution is 7.80. The third kappa shape index (κ3) is 6.60. The number of benzene rings is 2. The summed E-state index contributed by atoms with van der Waals surface area (Å²) in [6.45, 7) is 3.01. The number of rotatable bonds is 7. The van der Waals surface area contributed by atoms with Crippen LogP contribution in [-0.2, 0) is 13.0 Å². The minimum absolute atomic E-state index is 0.0360. The van der Waals surface area contributed by atoms with E-state index in [1.807, 2.05) is 24.3 Å². The van der Waals surface area contributed by atoms with Crippen LogP contribution in [-0.4, -0.2) is 41.9 Å². The molecule has 2 aromatic rings. The number of amides is 2. The van der Waals surface area contributed by atoms with Crippen molar-refractivity contribution in [3.05, 3.63) is 71.8 Å². The molecule has 3 rings (SSSR count). The third-order valence-corrected chi connectivity index (χ3v) is 5.49. The molecule has 0 aromatic heterocycles. The Morgan fingerprint density at radius 1 is 1.00 bits per heavy atom. The summed E-state index contributed by atoms with van der Waals surface area (Å²) in [7, 11) is 0. The highest BCUT2D eigenvalue weighted by atomic mass is 32.1. The number of hydrogen-bond acceptors (Lipinski definition) is 3. The maximum atomic E-state index is 12.4.